The summed E-state index contributed by atoms with van der Waals surface area (Å²) in [4.78, 5) is 13.5. The Hall–Kier alpha value is -1.84. The van der Waals surface area contributed by atoms with Gasteiger partial charge in [0.15, 0.2) is 0 Å². The van der Waals surface area contributed by atoms with Crippen LogP contribution >= 0.6 is 0 Å². The Kier molecular flexibility index (Phi) is 2.41. The number of aromatic nitrogens is 2. The van der Waals surface area contributed by atoms with Crippen molar-refractivity contribution < 1.29 is 4.79 Å². The molecule has 4 nitrogen and oxygen atoms in total. The normalized spacial score (nSPS) is 10.5. The van der Waals surface area contributed by atoms with Gasteiger partial charge >= 0.3 is 0 Å². The molecule has 0 aliphatic rings. The van der Waals surface area contributed by atoms with Crippen LogP contribution in [0.4, 0.5) is 0 Å². The summed E-state index contributed by atoms with van der Waals surface area (Å²) < 4.78 is 0. The number of carbonyl (C=O) groups is 1. The fraction of sp³-hybridized carbons (Fsp3) is 0.273. The van der Waals surface area contributed by atoms with Crippen molar-refractivity contribution in [2.75, 3.05) is 13.6 Å². The summed E-state index contributed by atoms with van der Waals surface area (Å²) in [7, 11) is 1.79. The van der Waals surface area contributed by atoms with Crippen molar-refractivity contribution in [2.45, 2.75) is 6.92 Å². The fourth-order valence-electron chi connectivity index (χ4n) is 1.43. The molecule has 0 aliphatic carbocycles. The molecule has 78 valence electrons. The lowest BCUT2D eigenvalue weighted by atomic mass is 10.1. The van der Waals surface area contributed by atoms with Crippen molar-refractivity contribution in [3.8, 4) is 0 Å². The van der Waals surface area contributed by atoms with Crippen molar-refractivity contribution in [3.05, 3.63) is 30.0 Å². The van der Waals surface area contributed by atoms with Crippen LogP contribution in [0.25, 0.3) is 10.9 Å². The SMILES string of the molecule is CCN(C)C(=O)c1ccc2cn[nH]c2c1. The molecule has 1 N–H and O–H groups in total. The van der Waals surface area contributed by atoms with E-state index < -0.39 is 0 Å². The van der Waals surface area contributed by atoms with E-state index in [1.54, 1.807) is 18.1 Å². The van der Waals surface area contributed by atoms with Gasteiger partial charge in [0, 0.05) is 24.5 Å². The van der Waals surface area contributed by atoms with E-state index >= 15 is 0 Å². The summed E-state index contributed by atoms with van der Waals surface area (Å²) in [6.45, 7) is 2.66. The lowest BCUT2D eigenvalue weighted by Crippen LogP contribution is -2.26. The quantitative estimate of drug-likeness (QED) is 0.806. The van der Waals surface area contributed by atoms with E-state index in [-0.39, 0.29) is 5.91 Å². The van der Waals surface area contributed by atoms with E-state index in [4.69, 9.17) is 0 Å². The molecule has 1 aromatic carbocycles. The van der Waals surface area contributed by atoms with Crippen molar-refractivity contribution in [1.82, 2.24) is 15.1 Å². The second-order valence-corrected chi connectivity index (χ2v) is 3.49. The third-order valence-electron chi connectivity index (χ3n) is 2.51. The molecule has 0 aliphatic heterocycles. The molecule has 0 saturated heterocycles. The highest BCUT2D eigenvalue weighted by Crippen LogP contribution is 2.13. The lowest BCUT2D eigenvalue weighted by Gasteiger charge is -2.14. The van der Waals surface area contributed by atoms with E-state index in [0.717, 1.165) is 10.9 Å². The predicted octanol–water partition coefficient (Wildman–Crippen LogP) is 1.65. The average Bonchev–Trinajstić information content (AvgIpc) is 2.73. The zero-order chi connectivity index (χ0) is 10.8. The minimum Gasteiger partial charge on any atom is -0.342 e. The van der Waals surface area contributed by atoms with E-state index in [1.807, 2.05) is 25.1 Å². The van der Waals surface area contributed by atoms with Crippen LogP contribution in [-0.4, -0.2) is 34.6 Å². The molecule has 0 fully saturated rings. The molecule has 0 saturated carbocycles. The van der Waals surface area contributed by atoms with Crippen molar-refractivity contribution in [2.24, 2.45) is 0 Å². The molecule has 1 heterocycles. The highest BCUT2D eigenvalue weighted by Gasteiger charge is 2.10. The van der Waals surface area contributed by atoms with Crippen LogP contribution in [-0.2, 0) is 0 Å². The molecule has 0 atom stereocenters. The van der Waals surface area contributed by atoms with Gasteiger partial charge in [0.25, 0.3) is 5.91 Å². The summed E-state index contributed by atoms with van der Waals surface area (Å²) in [6.07, 6.45) is 1.74. The van der Waals surface area contributed by atoms with E-state index in [1.165, 1.54) is 0 Å². The molecule has 4 heteroatoms. The maximum absolute atomic E-state index is 11.8. The summed E-state index contributed by atoms with van der Waals surface area (Å²) in [5.41, 5.74) is 1.58. The summed E-state index contributed by atoms with van der Waals surface area (Å²) >= 11 is 0. The largest absolute Gasteiger partial charge is 0.342 e. The first-order chi connectivity index (χ1) is 7.22. The van der Waals surface area contributed by atoms with Crippen LogP contribution in [0.3, 0.4) is 0 Å². The Morgan fingerprint density at radius 1 is 1.53 bits per heavy atom. The molecule has 1 amide bonds. The first kappa shape index (κ1) is 9.71. The molecule has 0 spiro atoms. The topological polar surface area (TPSA) is 49.0 Å². The third-order valence-corrected chi connectivity index (χ3v) is 2.51. The Morgan fingerprint density at radius 2 is 2.33 bits per heavy atom. The Balaban J connectivity index is 2.39. The molecular weight excluding hydrogens is 190 g/mol. The number of amides is 1. The minimum atomic E-state index is 0.0361. The van der Waals surface area contributed by atoms with Crippen molar-refractivity contribution in [1.29, 1.82) is 0 Å². The highest BCUT2D eigenvalue weighted by molar-refractivity contribution is 5.97. The number of aromatic amines is 1. The Bertz CT molecular complexity index is 489. The van der Waals surface area contributed by atoms with Gasteiger partial charge in [-0.05, 0) is 19.1 Å². The number of nitrogens with zero attached hydrogens (tertiary/aromatic N) is 2. The summed E-state index contributed by atoms with van der Waals surface area (Å²) in [5, 5.41) is 7.79. The van der Waals surface area contributed by atoms with Crippen molar-refractivity contribution in [3.63, 3.8) is 0 Å². The van der Waals surface area contributed by atoms with Gasteiger partial charge in [0.1, 0.15) is 0 Å². The number of hydrogen-bond donors (Lipinski definition) is 1. The van der Waals surface area contributed by atoms with E-state index in [9.17, 15) is 4.79 Å². The maximum atomic E-state index is 11.8. The molecule has 15 heavy (non-hydrogen) atoms. The summed E-state index contributed by atoms with van der Waals surface area (Å²) in [6, 6.07) is 5.55. The van der Waals surface area contributed by atoms with Gasteiger partial charge in [-0.3, -0.25) is 9.89 Å². The van der Waals surface area contributed by atoms with Gasteiger partial charge in [-0.15, -0.1) is 0 Å². The molecule has 0 bridgehead atoms. The number of benzene rings is 1. The standard InChI is InChI=1S/C11H13N3O/c1-3-14(2)11(15)8-4-5-9-7-12-13-10(9)6-8/h4-7H,3H2,1-2H3,(H,12,13). The number of rotatable bonds is 2. The Morgan fingerprint density at radius 3 is 3.07 bits per heavy atom. The fourth-order valence-corrected chi connectivity index (χ4v) is 1.43. The number of H-pyrrole nitrogens is 1. The van der Waals surface area contributed by atoms with Gasteiger partial charge in [0.2, 0.25) is 0 Å². The molecule has 2 rings (SSSR count). The highest BCUT2D eigenvalue weighted by atomic mass is 16.2. The maximum Gasteiger partial charge on any atom is 0.253 e. The minimum absolute atomic E-state index is 0.0361. The smallest absolute Gasteiger partial charge is 0.253 e. The number of carbonyl (C=O) groups excluding carboxylic acids is 1. The van der Waals surface area contributed by atoms with Crippen LogP contribution in [0.5, 0.6) is 0 Å². The van der Waals surface area contributed by atoms with Gasteiger partial charge in [-0.1, -0.05) is 6.07 Å². The lowest BCUT2D eigenvalue weighted by molar-refractivity contribution is 0.0802. The molecular formula is C11H13N3O. The zero-order valence-electron chi connectivity index (χ0n) is 8.82. The Labute approximate surface area is 87.9 Å². The van der Waals surface area contributed by atoms with Crippen LogP contribution in [0.15, 0.2) is 24.4 Å². The second-order valence-electron chi connectivity index (χ2n) is 3.49. The molecule has 0 unspecified atom stereocenters. The first-order valence-electron chi connectivity index (χ1n) is 4.91. The first-order valence-corrected chi connectivity index (χ1v) is 4.91. The third kappa shape index (κ3) is 1.70. The van der Waals surface area contributed by atoms with Gasteiger partial charge in [0.05, 0.1) is 11.7 Å². The van der Waals surface area contributed by atoms with Crippen LogP contribution in [0, 0.1) is 0 Å². The number of hydrogen-bond acceptors (Lipinski definition) is 2. The van der Waals surface area contributed by atoms with E-state index in [2.05, 4.69) is 10.2 Å². The average molecular weight is 203 g/mol. The van der Waals surface area contributed by atoms with Gasteiger partial charge < -0.3 is 4.90 Å². The molecule has 0 radical (unpaired) electrons. The molecule has 1 aromatic heterocycles. The number of fused-ring (bicyclic) bond motifs is 1. The zero-order valence-corrected chi connectivity index (χ0v) is 8.82. The van der Waals surface area contributed by atoms with Gasteiger partial charge in [-0.2, -0.15) is 5.10 Å². The number of nitrogens with one attached hydrogen (secondary N) is 1. The second kappa shape index (κ2) is 3.73. The predicted molar refractivity (Wildman–Crippen MR) is 58.7 cm³/mol. The monoisotopic (exact) mass is 203 g/mol. The van der Waals surface area contributed by atoms with Crippen LogP contribution in [0.1, 0.15) is 17.3 Å². The van der Waals surface area contributed by atoms with Crippen LogP contribution < -0.4 is 0 Å². The van der Waals surface area contributed by atoms with Crippen LogP contribution in [0.2, 0.25) is 0 Å². The molecule has 2 aromatic rings. The van der Waals surface area contributed by atoms with Crippen molar-refractivity contribution >= 4 is 16.8 Å². The van der Waals surface area contributed by atoms with E-state index in [0.29, 0.717) is 12.1 Å². The summed E-state index contributed by atoms with van der Waals surface area (Å²) in [5.74, 6) is 0.0361. The van der Waals surface area contributed by atoms with Gasteiger partial charge in [-0.25, -0.2) is 0 Å².